The van der Waals surface area contributed by atoms with Crippen LogP contribution in [0.3, 0.4) is 0 Å². The summed E-state index contributed by atoms with van der Waals surface area (Å²) in [5, 5.41) is 7.71. The largest absolute Gasteiger partial charge is 0.315 e. The van der Waals surface area contributed by atoms with Crippen molar-refractivity contribution in [3.05, 3.63) is 32.4 Å². The summed E-state index contributed by atoms with van der Waals surface area (Å²) in [4.78, 5) is 0. The molecular weight excluding hydrogens is 347 g/mol. The van der Waals surface area contributed by atoms with Gasteiger partial charge in [-0.05, 0) is 66.2 Å². The molecule has 0 amide bonds. The molecule has 0 aliphatic rings. The Morgan fingerprint density at radius 1 is 1.41 bits per heavy atom. The highest BCUT2D eigenvalue weighted by molar-refractivity contribution is 14.1. The van der Waals surface area contributed by atoms with Crippen LogP contribution in [0.2, 0.25) is 5.02 Å². The van der Waals surface area contributed by atoms with E-state index in [-0.39, 0.29) is 0 Å². The fourth-order valence-electron chi connectivity index (χ4n) is 1.53. The highest BCUT2D eigenvalue weighted by Gasteiger charge is 2.04. The van der Waals surface area contributed by atoms with Crippen molar-refractivity contribution < 1.29 is 0 Å². The Hall–Kier alpha value is 0.160. The van der Waals surface area contributed by atoms with Crippen molar-refractivity contribution in [2.75, 3.05) is 13.1 Å². The molecule has 0 saturated carbocycles. The summed E-state index contributed by atoms with van der Waals surface area (Å²) >= 11 is 8.34. The second-order valence-electron chi connectivity index (χ2n) is 4.22. The quantitative estimate of drug-likeness (QED) is 0.571. The van der Waals surface area contributed by atoms with Crippen LogP contribution in [-0.4, -0.2) is 19.1 Å². The molecule has 1 unspecified atom stereocenters. The normalized spacial score (nSPS) is 12.7. The summed E-state index contributed by atoms with van der Waals surface area (Å²) in [6, 6.07) is 6.48. The number of hydrogen-bond acceptors (Lipinski definition) is 2. The molecule has 0 aromatic heterocycles. The van der Waals surface area contributed by atoms with Crippen LogP contribution < -0.4 is 10.6 Å². The molecule has 0 bridgehead atoms. The van der Waals surface area contributed by atoms with Crippen LogP contribution >= 0.6 is 34.2 Å². The van der Waals surface area contributed by atoms with Gasteiger partial charge in [-0.25, -0.2) is 0 Å². The van der Waals surface area contributed by atoms with Gasteiger partial charge in [-0.3, -0.25) is 0 Å². The Morgan fingerprint density at radius 2 is 2.18 bits per heavy atom. The maximum Gasteiger partial charge on any atom is 0.0409 e. The van der Waals surface area contributed by atoms with E-state index >= 15 is 0 Å². The van der Waals surface area contributed by atoms with E-state index in [1.165, 1.54) is 15.6 Å². The SMILES string of the molecule is CCCNCC(C)NCc1cc(Cl)ccc1I. The van der Waals surface area contributed by atoms with Crippen molar-refractivity contribution in [1.29, 1.82) is 0 Å². The number of hydrogen-bond donors (Lipinski definition) is 2. The average molecular weight is 367 g/mol. The Morgan fingerprint density at radius 3 is 2.88 bits per heavy atom. The van der Waals surface area contributed by atoms with Crippen LogP contribution in [0.15, 0.2) is 18.2 Å². The minimum absolute atomic E-state index is 0.469. The molecule has 2 nitrogen and oxygen atoms in total. The van der Waals surface area contributed by atoms with Gasteiger partial charge in [0.05, 0.1) is 0 Å². The van der Waals surface area contributed by atoms with Gasteiger partial charge in [0.2, 0.25) is 0 Å². The van der Waals surface area contributed by atoms with Gasteiger partial charge in [0.15, 0.2) is 0 Å². The number of halogens is 2. The van der Waals surface area contributed by atoms with Gasteiger partial charge in [-0.15, -0.1) is 0 Å². The molecular formula is C13H20ClIN2. The Kier molecular flexibility index (Phi) is 7.43. The van der Waals surface area contributed by atoms with Crippen molar-refractivity contribution in [2.24, 2.45) is 0 Å². The van der Waals surface area contributed by atoms with E-state index in [0.29, 0.717) is 6.04 Å². The maximum absolute atomic E-state index is 5.99. The fraction of sp³-hybridized carbons (Fsp3) is 0.538. The van der Waals surface area contributed by atoms with Crippen LogP contribution in [0.5, 0.6) is 0 Å². The van der Waals surface area contributed by atoms with Gasteiger partial charge < -0.3 is 10.6 Å². The van der Waals surface area contributed by atoms with Crippen molar-refractivity contribution in [3.63, 3.8) is 0 Å². The number of rotatable bonds is 7. The van der Waals surface area contributed by atoms with E-state index in [9.17, 15) is 0 Å². The van der Waals surface area contributed by atoms with Gasteiger partial charge in [0.25, 0.3) is 0 Å². The van der Waals surface area contributed by atoms with Gasteiger partial charge in [0.1, 0.15) is 0 Å². The zero-order chi connectivity index (χ0) is 12.7. The smallest absolute Gasteiger partial charge is 0.0409 e. The van der Waals surface area contributed by atoms with Gasteiger partial charge in [0, 0.05) is 27.7 Å². The van der Waals surface area contributed by atoms with Crippen LogP contribution in [-0.2, 0) is 6.54 Å². The first-order chi connectivity index (χ1) is 8.13. The summed E-state index contributed by atoms with van der Waals surface area (Å²) in [6.07, 6.45) is 1.18. The zero-order valence-electron chi connectivity index (χ0n) is 10.4. The third-order valence-electron chi connectivity index (χ3n) is 2.53. The molecule has 0 heterocycles. The summed E-state index contributed by atoms with van der Waals surface area (Å²) < 4.78 is 1.26. The van der Waals surface area contributed by atoms with Crippen LogP contribution in [0.1, 0.15) is 25.8 Å². The molecule has 0 fully saturated rings. The van der Waals surface area contributed by atoms with E-state index in [4.69, 9.17) is 11.6 Å². The van der Waals surface area contributed by atoms with Crippen molar-refractivity contribution in [2.45, 2.75) is 32.9 Å². The lowest BCUT2D eigenvalue weighted by Crippen LogP contribution is -2.36. The van der Waals surface area contributed by atoms with E-state index in [2.05, 4.69) is 53.1 Å². The lowest BCUT2D eigenvalue weighted by atomic mass is 10.2. The first-order valence-electron chi connectivity index (χ1n) is 6.01. The predicted octanol–water partition coefficient (Wildman–Crippen LogP) is 3.42. The highest BCUT2D eigenvalue weighted by atomic mass is 127. The molecule has 96 valence electrons. The molecule has 1 aromatic rings. The second kappa shape index (κ2) is 8.29. The third kappa shape index (κ3) is 6.04. The Balaban J connectivity index is 2.36. The van der Waals surface area contributed by atoms with Crippen molar-refractivity contribution in [3.8, 4) is 0 Å². The first kappa shape index (κ1) is 15.2. The minimum Gasteiger partial charge on any atom is -0.315 e. The lowest BCUT2D eigenvalue weighted by molar-refractivity contribution is 0.501. The van der Waals surface area contributed by atoms with Crippen LogP contribution in [0, 0.1) is 3.57 Å². The van der Waals surface area contributed by atoms with Crippen LogP contribution in [0.25, 0.3) is 0 Å². The molecule has 0 aliphatic heterocycles. The van der Waals surface area contributed by atoms with E-state index < -0.39 is 0 Å². The van der Waals surface area contributed by atoms with Crippen molar-refractivity contribution in [1.82, 2.24) is 10.6 Å². The standard InChI is InChI=1S/C13H20ClIN2/c1-3-6-16-8-10(2)17-9-11-7-12(14)4-5-13(11)15/h4-5,7,10,16-17H,3,6,8-9H2,1-2H3. The summed E-state index contributed by atoms with van der Waals surface area (Å²) in [5.74, 6) is 0. The molecule has 1 rings (SSSR count). The summed E-state index contributed by atoms with van der Waals surface area (Å²) in [5.41, 5.74) is 1.26. The molecule has 1 atom stereocenters. The molecule has 2 N–H and O–H groups in total. The molecule has 0 saturated heterocycles. The van der Waals surface area contributed by atoms with E-state index in [0.717, 1.165) is 24.7 Å². The third-order valence-corrected chi connectivity index (χ3v) is 3.81. The Bertz CT molecular complexity index is 344. The molecule has 4 heteroatoms. The van der Waals surface area contributed by atoms with E-state index in [1.807, 2.05) is 12.1 Å². The number of benzene rings is 1. The molecule has 0 spiro atoms. The minimum atomic E-state index is 0.469. The topological polar surface area (TPSA) is 24.1 Å². The highest BCUT2D eigenvalue weighted by Crippen LogP contribution is 2.17. The van der Waals surface area contributed by atoms with Gasteiger partial charge in [-0.1, -0.05) is 18.5 Å². The first-order valence-corrected chi connectivity index (χ1v) is 7.47. The van der Waals surface area contributed by atoms with Gasteiger partial charge >= 0.3 is 0 Å². The Labute approximate surface area is 123 Å². The molecule has 17 heavy (non-hydrogen) atoms. The maximum atomic E-state index is 5.99. The molecule has 1 aromatic carbocycles. The monoisotopic (exact) mass is 366 g/mol. The fourth-order valence-corrected chi connectivity index (χ4v) is 2.25. The second-order valence-corrected chi connectivity index (χ2v) is 5.82. The van der Waals surface area contributed by atoms with Crippen LogP contribution in [0.4, 0.5) is 0 Å². The average Bonchev–Trinajstić information content (AvgIpc) is 2.31. The summed E-state index contributed by atoms with van der Waals surface area (Å²) in [6.45, 7) is 7.33. The van der Waals surface area contributed by atoms with Crippen molar-refractivity contribution >= 4 is 34.2 Å². The lowest BCUT2D eigenvalue weighted by Gasteiger charge is -2.15. The molecule has 0 radical (unpaired) electrons. The summed E-state index contributed by atoms with van der Waals surface area (Å²) in [7, 11) is 0. The predicted molar refractivity (Wildman–Crippen MR) is 83.6 cm³/mol. The van der Waals surface area contributed by atoms with E-state index in [1.54, 1.807) is 0 Å². The van der Waals surface area contributed by atoms with Gasteiger partial charge in [-0.2, -0.15) is 0 Å². The zero-order valence-corrected chi connectivity index (χ0v) is 13.3. The molecule has 0 aliphatic carbocycles. The number of nitrogens with one attached hydrogen (secondary N) is 2.